The molecule has 2 aromatic carbocycles. The molecular formula is C19H15ClN2O. The third kappa shape index (κ3) is 2.16. The summed E-state index contributed by atoms with van der Waals surface area (Å²) in [6, 6.07) is 19.6. The van der Waals surface area contributed by atoms with Crippen molar-refractivity contribution in [1.29, 1.82) is 0 Å². The van der Waals surface area contributed by atoms with E-state index in [1.807, 2.05) is 65.7 Å². The van der Waals surface area contributed by atoms with Crippen molar-refractivity contribution in [2.75, 3.05) is 4.90 Å². The first-order valence-electron chi connectivity index (χ1n) is 7.49. The zero-order valence-electron chi connectivity index (χ0n) is 12.6. The van der Waals surface area contributed by atoms with E-state index < -0.39 is 0 Å². The van der Waals surface area contributed by atoms with E-state index in [0.29, 0.717) is 5.02 Å². The van der Waals surface area contributed by atoms with Crippen LogP contribution in [0.15, 0.2) is 66.9 Å². The van der Waals surface area contributed by atoms with E-state index in [1.54, 1.807) is 6.92 Å². The molecule has 3 nitrogen and oxygen atoms in total. The molecule has 2 heterocycles. The Bertz CT molecular complexity index is 882. The number of para-hydroxylation sites is 2. The van der Waals surface area contributed by atoms with Gasteiger partial charge in [-0.15, -0.1) is 0 Å². The van der Waals surface area contributed by atoms with Crippen LogP contribution in [-0.2, 0) is 4.79 Å². The van der Waals surface area contributed by atoms with E-state index in [2.05, 4.69) is 10.6 Å². The fraction of sp³-hybridized carbons (Fsp3) is 0.105. The van der Waals surface area contributed by atoms with E-state index in [1.165, 1.54) is 0 Å². The average Bonchev–Trinajstić information content (AvgIpc) is 3.04. The summed E-state index contributed by atoms with van der Waals surface area (Å²) in [5.74, 6) is 0.0184. The van der Waals surface area contributed by atoms with E-state index in [4.69, 9.17) is 11.6 Å². The standard InChI is InChI=1S/C19H15ClN2O/c1-13(23)22-17-6-3-2-5-16(17)21-12-4-7-18(21)19(22)14-8-10-15(20)11-9-14/h2-12,19H,1H3/t19-/m0/s1. The molecule has 1 aliphatic rings. The van der Waals surface area contributed by atoms with Crippen LogP contribution in [0.5, 0.6) is 0 Å². The minimum Gasteiger partial charge on any atom is -0.316 e. The zero-order chi connectivity index (χ0) is 16.0. The normalized spacial score (nSPS) is 15.9. The summed E-state index contributed by atoms with van der Waals surface area (Å²) in [7, 11) is 0. The monoisotopic (exact) mass is 322 g/mol. The van der Waals surface area contributed by atoms with Gasteiger partial charge in [-0.3, -0.25) is 9.69 Å². The summed E-state index contributed by atoms with van der Waals surface area (Å²) < 4.78 is 2.15. The van der Waals surface area contributed by atoms with Gasteiger partial charge in [-0.25, -0.2) is 0 Å². The summed E-state index contributed by atoms with van der Waals surface area (Å²) in [6.07, 6.45) is 2.04. The van der Waals surface area contributed by atoms with Gasteiger partial charge >= 0.3 is 0 Å². The van der Waals surface area contributed by atoms with E-state index in [0.717, 1.165) is 22.6 Å². The second-order valence-corrected chi connectivity index (χ2v) is 6.07. The first-order valence-corrected chi connectivity index (χ1v) is 7.86. The summed E-state index contributed by atoms with van der Waals surface area (Å²) in [4.78, 5) is 14.3. The molecule has 1 amide bonds. The van der Waals surface area contributed by atoms with Crippen molar-refractivity contribution in [1.82, 2.24) is 4.57 Å². The minimum atomic E-state index is -0.158. The van der Waals surface area contributed by atoms with Gasteiger partial charge < -0.3 is 4.57 Å². The maximum Gasteiger partial charge on any atom is 0.224 e. The van der Waals surface area contributed by atoms with Crippen molar-refractivity contribution in [3.63, 3.8) is 0 Å². The lowest BCUT2D eigenvalue weighted by molar-refractivity contribution is -0.117. The molecule has 4 rings (SSSR count). The third-order valence-corrected chi connectivity index (χ3v) is 4.50. The van der Waals surface area contributed by atoms with Crippen LogP contribution in [0.3, 0.4) is 0 Å². The van der Waals surface area contributed by atoms with Crippen LogP contribution in [-0.4, -0.2) is 10.5 Å². The summed E-state index contributed by atoms with van der Waals surface area (Å²) in [5.41, 5.74) is 4.05. The molecule has 4 heteroatoms. The van der Waals surface area contributed by atoms with Crippen LogP contribution in [0.4, 0.5) is 5.69 Å². The Labute approximate surface area is 139 Å². The number of benzene rings is 2. The number of hydrogen-bond acceptors (Lipinski definition) is 1. The molecule has 0 radical (unpaired) electrons. The molecule has 0 N–H and O–H groups in total. The Morgan fingerprint density at radius 3 is 2.35 bits per heavy atom. The van der Waals surface area contributed by atoms with E-state index >= 15 is 0 Å². The smallest absolute Gasteiger partial charge is 0.224 e. The molecular weight excluding hydrogens is 308 g/mol. The highest BCUT2D eigenvalue weighted by atomic mass is 35.5. The fourth-order valence-corrected chi connectivity index (χ4v) is 3.42. The minimum absolute atomic E-state index is 0.0184. The number of fused-ring (bicyclic) bond motifs is 3. The first-order chi connectivity index (χ1) is 11.2. The van der Waals surface area contributed by atoms with Crippen LogP contribution in [0.25, 0.3) is 5.69 Å². The predicted octanol–water partition coefficient (Wildman–Crippen LogP) is 4.59. The summed E-state index contributed by atoms with van der Waals surface area (Å²) in [5, 5.41) is 0.690. The lowest BCUT2D eigenvalue weighted by Gasteiger charge is -2.38. The Hall–Kier alpha value is -2.52. The van der Waals surface area contributed by atoms with Gasteiger partial charge in [0, 0.05) is 18.1 Å². The van der Waals surface area contributed by atoms with Gasteiger partial charge in [0.1, 0.15) is 6.04 Å². The van der Waals surface area contributed by atoms with Gasteiger partial charge in [0.2, 0.25) is 5.91 Å². The number of hydrogen-bond donors (Lipinski definition) is 0. The molecule has 0 spiro atoms. The molecule has 0 saturated carbocycles. The maximum atomic E-state index is 12.4. The van der Waals surface area contributed by atoms with Crippen molar-refractivity contribution in [2.24, 2.45) is 0 Å². The van der Waals surface area contributed by atoms with Crippen LogP contribution >= 0.6 is 11.6 Å². The number of amides is 1. The van der Waals surface area contributed by atoms with Gasteiger partial charge in [0.15, 0.2) is 0 Å². The van der Waals surface area contributed by atoms with Crippen LogP contribution in [0.1, 0.15) is 24.2 Å². The lowest BCUT2D eigenvalue weighted by atomic mass is 9.98. The fourth-order valence-electron chi connectivity index (χ4n) is 3.30. The zero-order valence-corrected chi connectivity index (χ0v) is 13.4. The summed E-state index contributed by atoms with van der Waals surface area (Å²) in [6.45, 7) is 1.61. The van der Waals surface area contributed by atoms with Gasteiger partial charge in [-0.1, -0.05) is 35.9 Å². The topological polar surface area (TPSA) is 25.2 Å². The number of nitrogens with zero attached hydrogens (tertiary/aromatic N) is 2. The molecule has 0 saturated heterocycles. The van der Waals surface area contributed by atoms with Gasteiger partial charge in [-0.2, -0.15) is 0 Å². The maximum absolute atomic E-state index is 12.4. The molecule has 0 aliphatic carbocycles. The van der Waals surface area contributed by atoms with Gasteiger partial charge in [-0.05, 0) is 42.0 Å². The number of carbonyl (C=O) groups excluding carboxylic acids is 1. The summed E-state index contributed by atoms with van der Waals surface area (Å²) >= 11 is 6.02. The van der Waals surface area contributed by atoms with Gasteiger partial charge in [0.25, 0.3) is 0 Å². The first kappa shape index (κ1) is 14.1. The Kier molecular flexibility index (Phi) is 3.24. The number of carbonyl (C=O) groups is 1. The highest BCUT2D eigenvalue weighted by Gasteiger charge is 2.34. The Morgan fingerprint density at radius 2 is 1.65 bits per heavy atom. The van der Waals surface area contributed by atoms with E-state index in [-0.39, 0.29) is 11.9 Å². The number of aromatic nitrogens is 1. The molecule has 0 unspecified atom stereocenters. The average molecular weight is 323 g/mol. The number of rotatable bonds is 1. The highest BCUT2D eigenvalue weighted by Crippen LogP contribution is 2.42. The largest absolute Gasteiger partial charge is 0.316 e. The molecule has 0 bridgehead atoms. The third-order valence-electron chi connectivity index (χ3n) is 4.24. The van der Waals surface area contributed by atoms with Crippen molar-refractivity contribution in [2.45, 2.75) is 13.0 Å². The van der Waals surface area contributed by atoms with Crippen molar-refractivity contribution < 1.29 is 4.79 Å². The molecule has 1 aliphatic heterocycles. The molecule has 3 aromatic rings. The van der Waals surface area contributed by atoms with Crippen LogP contribution < -0.4 is 4.90 Å². The molecule has 23 heavy (non-hydrogen) atoms. The van der Waals surface area contributed by atoms with Crippen molar-refractivity contribution in [3.05, 3.63) is 83.1 Å². The lowest BCUT2D eigenvalue weighted by Crippen LogP contribution is -2.38. The molecule has 1 atom stereocenters. The molecule has 114 valence electrons. The van der Waals surface area contributed by atoms with Crippen LogP contribution in [0, 0.1) is 0 Å². The Balaban J connectivity index is 1.98. The van der Waals surface area contributed by atoms with E-state index in [9.17, 15) is 4.79 Å². The van der Waals surface area contributed by atoms with Gasteiger partial charge in [0.05, 0.1) is 17.1 Å². The molecule has 0 fully saturated rings. The molecule has 1 aromatic heterocycles. The number of halogens is 1. The second-order valence-electron chi connectivity index (χ2n) is 5.63. The second kappa shape index (κ2) is 5.28. The Morgan fingerprint density at radius 1 is 0.957 bits per heavy atom. The van der Waals surface area contributed by atoms with Crippen LogP contribution in [0.2, 0.25) is 5.02 Å². The van der Waals surface area contributed by atoms with Crippen molar-refractivity contribution >= 4 is 23.2 Å². The SMILES string of the molecule is CC(=O)N1c2ccccc2-n2cccc2[C@@H]1c1ccc(Cl)cc1. The van der Waals surface area contributed by atoms with Crippen molar-refractivity contribution in [3.8, 4) is 5.69 Å². The number of anilines is 1. The highest BCUT2D eigenvalue weighted by molar-refractivity contribution is 6.30. The predicted molar refractivity (Wildman–Crippen MR) is 92.2 cm³/mol. The quantitative estimate of drug-likeness (QED) is 0.643.